The molecular formula is C17H28F6O3. The van der Waals surface area contributed by atoms with Crippen LogP contribution in [0.3, 0.4) is 0 Å². The Hall–Kier alpha value is -0.830. The van der Waals surface area contributed by atoms with Crippen LogP contribution in [0.5, 0.6) is 0 Å². The maximum absolute atomic E-state index is 12.9. The van der Waals surface area contributed by atoms with Gasteiger partial charge in [0.1, 0.15) is 5.78 Å². The highest BCUT2D eigenvalue weighted by molar-refractivity contribution is 5.84. The van der Waals surface area contributed by atoms with Gasteiger partial charge in [-0.15, -0.1) is 0 Å². The van der Waals surface area contributed by atoms with Gasteiger partial charge >= 0.3 is 12.4 Å². The normalized spacial score (nSPS) is 17.6. The van der Waals surface area contributed by atoms with Gasteiger partial charge in [0.05, 0.1) is 11.8 Å². The molecule has 0 bridgehead atoms. The molecule has 0 amide bonds. The van der Waals surface area contributed by atoms with Gasteiger partial charge in [0.15, 0.2) is 12.2 Å². The molecule has 0 aliphatic carbocycles. The van der Waals surface area contributed by atoms with Crippen LogP contribution in [0.2, 0.25) is 0 Å². The molecule has 9 heteroatoms. The van der Waals surface area contributed by atoms with E-state index >= 15 is 0 Å². The largest absolute Gasteiger partial charge is 0.415 e. The third kappa shape index (κ3) is 8.24. The Labute approximate surface area is 149 Å². The van der Waals surface area contributed by atoms with Gasteiger partial charge in [-0.1, -0.05) is 52.4 Å². The summed E-state index contributed by atoms with van der Waals surface area (Å²) in [7, 11) is 0. The quantitative estimate of drug-likeness (QED) is 0.369. The number of ketones is 1. The number of carbonyl (C=O) groups is 1. The Balaban J connectivity index is 5.54. The Kier molecular flexibility index (Phi) is 10.8. The zero-order valence-electron chi connectivity index (χ0n) is 15.0. The van der Waals surface area contributed by atoms with Gasteiger partial charge in [-0.2, -0.15) is 26.3 Å². The minimum absolute atomic E-state index is 0.170. The van der Waals surface area contributed by atoms with Crippen molar-refractivity contribution in [3.8, 4) is 0 Å². The third-order valence-corrected chi connectivity index (χ3v) is 4.40. The van der Waals surface area contributed by atoms with E-state index in [2.05, 4.69) is 0 Å². The highest BCUT2D eigenvalue weighted by Crippen LogP contribution is 2.36. The Morgan fingerprint density at radius 1 is 0.731 bits per heavy atom. The third-order valence-electron chi connectivity index (χ3n) is 4.40. The summed E-state index contributed by atoms with van der Waals surface area (Å²) in [5, 5.41) is 19.0. The molecule has 3 nitrogen and oxygen atoms in total. The number of hydrogen-bond donors (Lipinski definition) is 2. The first-order valence-electron chi connectivity index (χ1n) is 8.91. The van der Waals surface area contributed by atoms with Crippen LogP contribution < -0.4 is 0 Å². The summed E-state index contributed by atoms with van der Waals surface area (Å²) in [4.78, 5) is 12.5. The average Bonchev–Trinajstić information content (AvgIpc) is 2.52. The van der Waals surface area contributed by atoms with Crippen molar-refractivity contribution in [1.82, 2.24) is 0 Å². The fourth-order valence-corrected chi connectivity index (χ4v) is 2.87. The van der Waals surface area contributed by atoms with E-state index in [-0.39, 0.29) is 25.7 Å². The SMILES string of the molecule is CCCCC[C@H](C(=O)[C@@H](CCCCC)C(O)C(F)(F)F)C(O)C(F)(F)F. The van der Waals surface area contributed by atoms with Gasteiger partial charge in [-0.05, 0) is 12.8 Å². The first-order valence-corrected chi connectivity index (χ1v) is 8.91. The first-order chi connectivity index (χ1) is 11.9. The molecule has 0 saturated heterocycles. The topological polar surface area (TPSA) is 57.5 Å². The van der Waals surface area contributed by atoms with Crippen LogP contribution in [0.15, 0.2) is 0 Å². The van der Waals surface area contributed by atoms with Crippen LogP contribution in [0.25, 0.3) is 0 Å². The summed E-state index contributed by atoms with van der Waals surface area (Å²) in [6.45, 7) is 3.55. The Morgan fingerprint density at radius 2 is 1.04 bits per heavy atom. The molecule has 156 valence electrons. The van der Waals surface area contributed by atoms with Crippen molar-refractivity contribution in [3.63, 3.8) is 0 Å². The molecule has 0 aromatic carbocycles. The fourth-order valence-electron chi connectivity index (χ4n) is 2.87. The molecule has 0 aliphatic rings. The molecule has 0 spiro atoms. The molecule has 0 aromatic heterocycles. The average molecular weight is 394 g/mol. The number of hydrogen-bond acceptors (Lipinski definition) is 3. The van der Waals surface area contributed by atoms with Crippen LogP contribution in [0.1, 0.15) is 65.2 Å². The summed E-state index contributed by atoms with van der Waals surface area (Å²) in [6.07, 6.45) is -14.5. The lowest BCUT2D eigenvalue weighted by Crippen LogP contribution is -2.47. The molecule has 0 heterocycles. The van der Waals surface area contributed by atoms with E-state index in [1.807, 2.05) is 0 Å². The van der Waals surface area contributed by atoms with Gasteiger partial charge in [0, 0.05) is 0 Å². The van der Waals surface area contributed by atoms with Crippen molar-refractivity contribution in [3.05, 3.63) is 0 Å². The fraction of sp³-hybridized carbons (Fsp3) is 0.941. The van der Waals surface area contributed by atoms with E-state index in [1.54, 1.807) is 13.8 Å². The second kappa shape index (κ2) is 11.1. The second-order valence-electron chi connectivity index (χ2n) is 6.58. The van der Waals surface area contributed by atoms with Crippen LogP contribution >= 0.6 is 0 Å². The van der Waals surface area contributed by atoms with E-state index in [1.165, 1.54) is 0 Å². The molecule has 0 aliphatic heterocycles. The van der Waals surface area contributed by atoms with E-state index in [9.17, 15) is 41.4 Å². The number of Topliss-reactive ketones (excluding diaryl/α,β-unsaturated/α-hetero) is 1. The number of halogens is 6. The molecule has 0 aromatic rings. The molecule has 0 radical (unpaired) electrons. The summed E-state index contributed by atoms with van der Waals surface area (Å²) in [5.41, 5.74) is 0. The van der Waals surface area contributed by atoms with Gasteiger partial charge in [-0.25, -0.2) is 0 Å². The molecule has 0 saturated carbocycles. The van der Waals surface area contributed by atoms with Gasteiger partial charge < -0.3 is 10.2 Å². The summed E-state index contributed by atoms with van der Waals surface area (Å²) in [5.74, 6) is -5.39. The molecule has 2 N–H and O–H groups in total. The number of alkyl halides is 6. The van der Waals surface area contributed by atoms with Crippen LogP contribution in [0.4, 0.5) is 26.3 Å². The van der Waals surface area contributed by atoms with E-state index in [4.69, 9.17) is 0 Å². The highest BCUT2D eigenvalue weighted by atomic mass is 19.4. The van der Waals surface area contributed by atoms with Gasteiger partial charge in [-0.3, -0.25) is 4.79 Å². The second-order valence-corrected chi connectivity index (χ2v) is 6.58. The molecule has 0 rings (SSSR count). The number of aliphatic hydroxyl groups is 2. The number of aliphatic hydroxyl groups excluding tert-OH is 2. The lowest BCUT2D eigenvalue weighted by atomic mass is 9.80. The smallest absolute Gasteiger partial charge is 0.383 e. The summed E-state index contributed by atoms with van der Waals surface area (Å²) < 4.78 is 77.3. The minimum Gasteiger partial charge on any atom is -0.383 e. The monoisotopic (exact) mass is 394 g/mol. The van der Waals surface area contributed by atoms with Gasteiger partial charge in [0.2, 0.25) is 0 Å². The van der Waals surface area contributed by atoms with E-state index in [0.717, 1.165) is 0 Å². The summed E-state index contributed by atoms with van der Waals surface area (Å²) >= 11 is 0. The zero-order valence-corrected chi connectivity index (χ0v) is 15.0. The number of rotatable bonds is 12. The lowest BCUT2D eigenvalue weighted by Gasteiger charge is -2.30. The van der Waals surface area contributed by atoms with Crippen molar-refractivity contribution in [2.45, 2.75) is 89.8 Å². The van der Waals surface area contributed by atoms with E-state index in [0.29, 0.717) is 25.7 Å². The predicted molar refractivity (Wildman–Crippen MR) is 84.4 cm³/mol. The maximum Gasteiger partial charge on any atom is 0.415 e. The first kappa shape index (κ1) is 25.2. The Bertz CT molecular complexity index is 372. The molecule has 2 unspecified atom stereocenters. The van der Waals surface area contributed by atoms with Crippen molar-refractivity contribution < 1.29 is 41.4 Å². The van der Waals surface area contributed by atoms with Crippen molar-refractivity contribution in [2.24, 2.45) is 11.8 Å². The van der Waals surface area contributed by atoms with Crippen LogP contribution in [-0.2, 0) is 4.79 Å². The molecule has 0 fully saturated rings. The van der Waals surface area contributed by atoms with Gasteiger partial charge in [0.25, 0.3) is 0 Å². The zero-order chi connectivity index (χ0) is 20.5. The Morgan fingerprint density at radius 3 is 1.27 bits per heavy atom. The molecular weight excluding hydrogens is 366 g/mol. The lowest BCUT2D eigenvalue weighted by molar-refractivity contribution is -0.231. The minimum atomic E-state index is -5.12. The maximum atomic E-state index is 12.9. The number of carbonyl (C=O) groups excluding carboxylic acids is 1. The molecule has 26 heavy (non-hydrogen) atoms. The highest BCUT2D eigenvalue weighted by Gasteiger charge is 2.51. The standard InChI is InChI=1S/C17H28F6O3/c1-3-5-7-9-11(14(25)16(18,19)20)13(24)12(10-8-6-4-2)15(26)17(21,22)23/h11-12,14-15,25-26H,3-10H2,1-2H3/t11-,12-,14?,15?/m1/s1. The molecule has 4 atom stereocenters. The summed E-state index contributed by atoms with van der Waals surface area (Å²) in [6, 6.07) is 0. The van der Waals surface area contributed by atoms with E-state index < -0.39 is 42.2 Å². The van der Waals surface area contributed by atoms with Crippen LogP contribution in [-0.4, -0.2) is 40.6 Å². The van der Waals surface area contributed by atoms with Crippen molar-refractivity contribution in [2.75, 3.05) is 0 Å². The van der Waals surface area contributed by atoms with Crippen molar-refractivity contribution in [1.29, 1.82) is 0 Å². The predicted octanol–water partition coefficient (Wildman–Crippen LogP) is 4.79. The van der Waals surface area contributed by atoms with Crippen LogP contribution in [0, 0.1) is 11.8 Å². The number of unbranched alkanes of at least 4 members (excludes halogenated alkanes) is 4. The van der Waals surface area contributed by atoms with Crippen molar-refractivity contribution >= 4 is 5.78 Å².